The summed E-state index contributed by atoms with van der Waals surface area (Å²) >= 11 is 6.02. The summed E-state index contributed by atoms with van der Waals surface area (Å²) in [4.78, 5) is 41.3. The van der Waals surface area contributed by atoms with Gasteiger partial charge in [0.2, 0.25) is 5.91 Å². The van der Waals surface area contributed by atoms with E-state index in [1.807, 2.05) is 0 Å². The predicted molar refractivity (Wildman–Crippen MR) is 155 cm³/mol. The van der Waals surface area contributed by atoms with Crippen molar-refractivity contribution in [3.8, 4) is 5.69 Å². The van der Waals surface area contributed by atoms with Gasteiger partial charge in [0.15, 0.2) is 11.6 Å². The zero-order valence-electron chi connectivity index (χ0n) is 24.0. The fourth-order valence-electron chi connectivity index (χ4n) is 4.96. The average molecular weight is 606 g/mol. The Labute approximate surface area is 251 Å². The number of carbonyl (C=O) groups excluding carboxylic acids is 3. The van der Waals surface area contributed by atoms with Crippen LogP contribution < -0.4 is 0 Å². The van der Waals surface area contributed by atoms with Gasteiger partial charge in [-0.15, -0.1) is 5.10 Å². The molecule has 43 heavy (non-hydrogen) atoms. The Kier molecular flexibility index (Phi) is 8.23. The first-order valence-electron chi connectivity index (χ1n) is 13.5. The van der Waals surface area contributed by atoms with Crippen LogP contribution >= 0.6 is 11.6 Å². The molecule has 1 atom stereocenters. The van der Waals surface area contributed by atoms with E-state index < -0.39 is 29.3 Å². The van der Waals surface area contributed by atoms with Crippen molar-refractivity contribution in [3.63, 3.8) is 0 Å². The molecule has 0 radical (unpaired) electrons. The molecule has 0 saturated carbocycles. The molecule has 222 valence electrons. The Morgan fingerprint density at radius 2 is 1.91 bits per heavy atom. The summed E-state index contributed by atoms with van der Waals surface area (Å²) in [6.07, 6.45) is 4.25. The van der Waals surface area contributed by atoms with Gasteiger partial charge in [0, 0.05) is 42.3 Å². The number of halogens is 2. The molecule has 0 fully saturated rings. The number of nitrogens with one attached hydrogen (secondary N) is 1. The molecule has 1 N–H and O–H groups in total. The van der Waals surface area contributed by atoms with E-state index in [2.05, 4.69) is 25.7 Å². The minimum atomic E-state index is -0.923. The van der Waals surface area contributed by atoms with Crippen LogP contribution in [0.1, 0.15) is 65.2 Å². The van der Waals surface area contributed by atoms with Crippen molar-refractivity contribution in [2.75, 3.05) is 6.54 Å². The van der Waals surface area contributed by atoms with E-state index in [1.54, 1.807) is 52.0 Å². The molecular formula is C30H29ClFN7O4. The van der Waals surface area contributed by atoms with Gasteiger partial charge in [0.05, 0.1) is 22.0 Å². The summed E-state index contributed by atoms with van der Waals surface area (Å²) in [5.41, 5.74) is 2.73. The molecule has 0 spiro atoms. The van der Waals surface area contributed by atoms with E-state index >= 15 is 4.39 Å². The van der Waals surface area contributed by atoms with Gasteiger partial charge < -0.3 is 9.64 Å². The van der Waals surface area contributed by atoms with Gasteiger partial charge in [0.1, 0.15) is 18.0 Å². The Balaban J connectivity index is 1.41. The van der Waals surface area contributed by atoms with Crippen LogP contribution in [-0.4, -0.2) is 65.1 Å². The number of hydrogen-bond acceptors (Lipinski definition) is 8. The zero-order valence-corrected chi connectivity index (χ0v) is 24.7. The van der Waals surface area contributed by atoms with Gasteiger partial charge in [-0.05, 0) is 74.0 Å². The molecule has 1 aliphatic rings. The molecule has 3 heterocycles. The van der Waals surface area contributed by atoms with Gasteiger partial charge in [-0.3, -0.25) is 14.7 Å². The quantitative estimate of drug-likeness (QED) is 0.242. The number of rotatable bonds is 7. The third-order valence-electron chi connectivity index (χ3n) is 6.90. The van der Waals surface area contributed by atoms with Crippen molar-refractivity contribution in [1.29, 1.82) is 0 Å². The number of H-pyrrole nitrogens is 1. The number of ketones is 1. The molecule has 2 aromatic heterocycles. The zero-order chi connectivity index (χ0) is 30.9. The predicted octanol–water partition coefficient (Wildman–Crippen LogP) is 4.39. The normalized spacial score (nSPS) is 15.0. The second-order valence-corrected chi connectivity index (χ2v) is 11.5. The minimum Gasteiger partial charge on any atom is -0.456 e. The van der Waals surface area contributed by atoms with Crippen LogP contribution in [0.3, 0.4) is 0 Å². The van der Waals surface area contributed by atoms with Gasteiger partial charge >= 0.3 is 5.97 Å². The first-order valence-corrected chi connectivity index (χ1v) is 13.9. The smallest absolute Gasteiger partial charge is 0.338 e. The third kappa shape index (κ3) is 6.38. The molecular weight excluding hydrogens is 577 g/mol. The van der Waals surface area contributed by atoms with Crippen molar-refractivity contribution in [3.05, 3.63) is 93.3 Å². The molecule has 11 nitrogen and oxygen atoms in total. The average Bonchev–Trinajstić information content (AvgIpc) is 3.63. The van der Waals surface area contributed by atoms with Gasteiger partial charge in [0.25, 0.3) is 0 Å². The first kappa shape index (κ1) is 29.8. The van der Waals surface area contributed by atoms with Crippen molar-refractivity contribution < 1.29 is 23.5 Å². The van der Waals surface area contributed by atoms with E-state index in [1.165, 1.54) is 40.2 Å². The van der Waals surface area contributed by atoms with Gasteiger partial charge in [-0.2, -0.15) is 9.78 Å². The molecule has 1 amide bonds. The number of benzene rings is 2. The van der Waals surface area contributed by atoms with E-state index in [4.69, 9.17) is 16.3 Å². The lowest BCUT2D eigenvalue weighted by Gasteiger charge is -2.34. The molecule has 1 unspecified atom stereocenters. The molecule has 4 aromatic rings. The molecule has 13 heteroatoms. The van der Waals surface area contributed by atoms with Gasteiger partial charge in [-0.1, -0.05) is 23.7 Å². The summed E-state index contributed by atoms with van der Waals surface area (Å²) in [5, 5.41) is 18.1. The Morgan fingerprint density at radius 3 is 2.58 bits per heavy atom. The summed E-state index contributed by atoms with van der Waals surface area (Å²) in [5.74, 6) is -1.93. The van der Waals surface area contributed by atoms with Crippen molar-refractivity contribution in [2.45, 2.75) is 52.2 Å². The SMILES string of the molecule is Cc1[nH]nc2c1C(C(=O)Cc1ccc(C(=O)OC(C)(C)C)cc1)N(C(=O)C=Cc1c(-n3cnnn3)ccc(Cl)c1F)CC2. The second kappa shape index (κ2) is 11.9. The first-order chi connectivity index (χ1) is 20.4. The Hall–Kier alpha value is -4.71. The molecule has 1 aliphatic heterocycles. The highest BCUT2D eigenvalue weighted by Crippen LogP contribution is 2.33. The lowest BCUT2D eigenvalue weighted by molar-refractivity contribution is -0.136. The number of carbonyl (C=O) groups is 3. The molecule has 0 aliphatic carbocycles. The molecule has 2 aromatic carbocycles. The standard InChI is InChI=1S/C30H29ClFN7O4/c1-17-26-22(35-34-17)13-14-38(25(41)12-9-20-23(39-16-33-36-37-39)11-10-21(31)27(20)32)28(26)24(40)15-18-5-7-19(8-6-18)29(42)43-30(2,3)4/h5-12,16,28H,13-15H2,1-4H3,(H,34,35). The summed E-state index contributed by atoms with van der Waals surface area (Å²) in [6, 6.07) is 8.59. The highest BCUT2D eigenvalue weighted by molar-refractivity contribution is 6.31. The fourth-order valence-corrected chi connectivity index (χ4v) is 5.12. The van der Waals surface area contributed by atoms with Crippen LogP contribution in [0.2, 0.25) is 5.02 Å². The van der Waals surface area contributed by atoms with Crippen LogP contribution in [0.15, 0.2) is 48.8 Å². The number of hydrogen-bond donors (Lipinski definition) is 1. The van der Waals surface area contributed by atoms with Gasteiger partial charge in [-0.25, -0.2) is 9.18 Å². The van der Waals surface area contributed by atoms with Crippen LogP contribution in [-0.2, 0) is 27.2 Å². The number of amides is 1. The molecule has 0 saturated heterocycles. The van der Waals surface area contributed by atoms with E-state index in [0.29, 0.717) is 34.5 Å². The number of tetrazole rings is 1. The lowest BCUT2D eigenvalue weighted by atomic mass is 9.90. The van der Waals surface area contributed by atoms with E-state index in [9.17, 15) is 14.4 Å². The van der Waals surface area contributed by atoms with Crippen molar-refractivity contribution >= 4 is 35.3 Å². The maximum Gasteiger partial charge on any atom is 0.338 e. The maximum atomic E-state index is 15.1. The fraction of sp³-hybridized carbons (Fsp3) is 0.300. The second-order valence-electron chi connectivity index (χ2n) is 11.1. The Morgan fingerprint density at radius 1 is 1.16 bits per heavy atom. The van der Waals surface area contributed by atoms with Crippen molar-refractivity contribution in [1.82, 2.24) is 35.3 Å². The Bertz CT molecular complexity index is 1710. The number of aromatic amines is 1. The highest BCUT2D eigenvalue weighted by atomic mass is 35.5. The number of Topliss-reactive ketones (excluding diaryl/α,β-unsaturated/α-hetero) is 1. The monoisotopic (exact) mass is 605 g/mol. The van der Waals surface area contributed by atoms with E-state index in [0.717, 1.165) is 0 Å². The number of esters is 1. The van der Waals surface area contributed by atoms with Crippen LogP contribution in [0.25, 0.3) is 11.8 Å². The number of ether oxygens (including phenoxy) is 1. The highest BCUT2D eigenvalue weighted by Gasteiger charge is 2.37. The summed E-state index contributed by atoms with van der Waals surface area (Å²) < 4.78 is 21.7. The van der Waals surface area contributed by atoms with Crippen LogP contribution in [0, 0.1) is 12.7 Å². The lowest BCUT2D eigenvalue weighted by Crippen LogP contribution is -2.43. The number of fused-ring (bicyclic) bond motifs is 1. The number of nitrogens with zero attached hydrogens (tertiary/aromatic N) is 6. The third-order valence-corrected chi connectivity index (χ3v) is 7.19. The van der Waals surface area contributed by atoms with Crippen molar-refractivity contribution in [2.24, 2.45) is 0 Å². The summed E-state index contributed by atoms with van der Waals surface area (Å²) in [6.45, 7) is 7.39. The summed E-state index contributed by atoms with van der Waals surface area (Å²) in [7, 11) is 0. The molecule has 5 rings (SSSR count). The number of aryl methyl sites for hydroxylation is 1. The van der Waals surface area contributed by atoms with E-state index in [-0.39, 0.29) is 35.0 Å². The van der Waals surface area contributed by atoms with Crippen LogP contribution in [0.4, 0.5) is 4.39 Å². The molecule has 0 bridgehead atoms. The topological polar surface area (TPSA) is 136 Å². The minimum absolute atomic E-state index is 0.00316. The number of aromatic nitrogens is 6. The largest absolute Gasteiger partial charge is 0.456 e. The van der Waals surface area contributed by atoms with Crippen LogP contribution in [0.5, 0.6) is 0 Å². The maximum absolute atomic E-state index is 15.1.